The summed E-state index contributed by atoms with van der Waals surface area (Å²) >= 11 is 0. The lowest BCUT2D eigenvalue weighted by molar-refractivity contribution is 0.588. The normalized spacial score (nSPS) is 13.8. The number of pyridine rings is 1. The first-order valence-corrected chi connectivity index (χ1v) is 15.8. The van der Waals surface area contributed by atoms with Crippen LogP contribution in [0.1, 0.15) is 65.2 Å². The first-order valence-electron chi connectivity index (χ1n) is 15.8. The zero-order valence-electron chi connectivity index (χ0n) is 27.0. The number of hydrogen-bond donors (Lipinski definition) is 0. The van der Waals surface area contributed by atoms with Gasteiger partial charge in [0, 0.05) is 34.1 Å². The Morgan fingerprint density at radius 3 is 2.11 bits per heavy atom. The molecule has 0 fully saturated rings. The monoisotopic (exact) mass is 578 g/mol. The Bertz CT molecular complexity index is 2010. The number of hydrogen-bond acceptors (Lipinski definition) is 3. The van der Waals surface area contributed by atoms with Crippen molar-refractivity contribution in [1.82, 2.24) is 9.55 Å². The molecule has 44 heavy (non-hydrogen) atoms. The quantitative estimate of drug-likeness (QED) is 0.203. The van der Waals surface area contributed by atoms with Crippen LogP contribution in [-0.2, 0) is 10.8 Å². The van der Waals surface area contributed by atoms with Crippen LogP contribution in [0.4, 0.5) is 17.1 Å². The van der Waals surface area contributed by atoms with Crippen LogP contribution in [0.5, 0.6) is 0 Å². The molecule has 4 aromatic carbocycles. The lowest BCUT2D eigenvalue weighted by Crippen LogP contribution is -2.33. The van der Waals surface area contributed by atoms with E-state index in [0.29, 0.717) is 6.04 Å². The molecular weight excluding hydrogens is 536 g/mol. The molecular formula is C40H42N4. The molecule has 0 saturated carbocycles. The van der Waals surface area contributed by atoms with Gasteiger partial charge in [0.25, 0.3) is 0 Å². The van der Waals surface area contributed by atoms with Crippen LogP contribution < -0.4 is 9.80 Å². The summed E-state index contributed by atoms with van der Waals surface area (Å²) in [5.41, 5.74) is 9.84. The Morgan fingerprint density at radius 2 is 1.34 bits per heavy atom. The minimum absolute atomic E-state index is 0.0384. The average Bonchev–Trinajstić information content (AvgIpc) is 3.57. The number of anilines is 3. The second-order valence-corrected chi connectivity index (χ2v) is 14.0. The van der Waals surface area contributed by atoms with Crippen molar-refractivity contribution >= 4 is 38.9 Å². The van der Waals surface area contributed by atoms with E-state index in [1.165, 1.54) is 55.6 Å². The topological polar surface area (TPSA) is 24.3 Å². The van der Waals surface area contributed by atoms with Crippen molar-refractivity contribution in [2.24, 2.45) is 0 Å². The van der Waals surface area contributed by atoms with Crippen molar-refractivity contribution in [3.63, 3.8) is 0 Å². The summed E-state index contributed by atoms with van der Waals surface area (Å²) in [6, 6.07) is 38.4. The van der Waals surface area contributed by atoms with Crippen molar-refractivity contribution in [3.8, 4) is 5.82 Å². The molecule has 0 atom stereocenters. The van der Waals surface area contributed by atoms with Gasteiger partial charge >= 0.3 is 0 Å². The molecule has 1 aliphatic heterocycles. The van der Waals surface area contributed by atoms with Gasteiger partial charge in [-0.3, -0.25) is 4.57 Å². The molecule has 2 aromatic heterocycles. The molecule has 1 aliphatic rings. The summed E-state index contributed by atoms with van der Waals surface area (Å²) in [6.07, 6.45) is 1.95. The lowest BCUT2D eigenvalue weighted by atomic mass is 9.77. The maximum atomic E-state index is 4.89. The van der Waals surface area contributed by atoms with E-state index in [0.717, 1.165) is 12.5 Å². The molecule has 0 bridgehead atoms. The minimum Gasteiger partial charge on any atom is -0.349 e. The van der Waals surface area contributed by atoms with Crippen LogP contribution in [0.25, 0.3) is 27.6 Å². The molecule has 7 rings (SSSR count). The third kappa shape index (κ3) is 4.55. The van der Waals surface area contributed by atoms with Gasteiger partial charge in [-0.25, -0.2) is 4.98 Å². The molecule has 0 spiro atoms. The van der Waals surface area contributed by atoms with Gasteiger partial charge in [0.05, 0.1) is 29.1 Å². The van der Waals surface area contributed by atoms with E-state index in [1.807, 2.05) is 6.20 Å². The predicted octanol–water partition coefficient (Wildman–Crippen LogP) is 10.1. The first kappa shape index (κ1) is 28.2. The fourth-order valence-corrected chi connectivity index (χ4v) is 6.74. The van der Waals surface area contributed by atoms with Crippen molar-refractivity contribution in [2.75, 3.05) is 16.5 Å². The molecule has 3 heterocycles. The number of fused-ring (bicyclic) bond motifs is 4. The number of benzene rings is 4. The molecule has 6 aromatic rings. The number of aromatic nitrogens is 2. The van der Waals surface area contributed by atoms with Crippen molar-refractivity contribution < 1.29 is 0 Å². The van der Waals surface area contributed by atoms with E-state index in [2.05, 4.69) is 166 Å². The summed E-state index contributed by atoms with van der Waals surface area (Å²) in [6.45, 7) is 16.9. The maximum Gasteiger partial charge on any atom is 0.137 e. The SMILES string of the molecule is CC(C)N1CN(c2cccc(C(C)(C)c3ccc4c5ccccc5n(-c5cc(C(C)(C)C)ccn5)c4c3)c2)c2ccccc21. The fourth-order valence-electron chi connectivity index (χ4n) is 6.74. The highest BCUT2D eigenvalue weighted by Crippen LogP contribution is 2.43. The van der Waals surface area contributed by atoms with Gasteiger partial charge < -0.3 is 9.80 Å². The summed E-state index contributed by atoms with van der Waals surface area (Å²) in [5, 5.41) is 2.50. The lowest BCUT2D eigenvalue weighted by Gasteiger charge is -2.29. The van der Waals surface area contributed by atoms with Crippen LogP contribution in [0, 0.1) is 0 Å². The van der Waals surface area contributed by atoms with Gasteiger partial charge in [-0.15, -0.1) is 0 Å². The average molecular weight is 579 g/mol. The van der Waals surface area contributed by atoms with Gasteiger partial charge in [-0.1, -0.05) is 89.2 Å². The molecule has 4 heteroatoms. The summed E-state index contributed by atoms with van der Waals surface area (Å²) in [7, 11) is 0. The van der Waals surface area contributed by atoms with E-state index in [1.54, 1.807) is 0 Å². The minimum atomic E-state index is -0.219. The van der Waals surface area contributed by atoms with Gasteiger partial charge in [0.15, 0.2) is 0 Å². The van der Waals surface area contributed by atoms with E-state index in [4.69, 9.17) is 4.98 Å². The predicted molar refractivity (Wildman–Crippen MR) is 187 cm³/mol. The second kappa shape index (κ2) is 10.3. The second-order valence-electron chi connectivity index (χ2n) is 14.0. The highest BCUT2D eigenvalue weighted by molar-refractivity contribution is 6.09. The van der Waals surface area contributed by atoms with Crippen LogP contribution in [0.15, 0.2) is 109 Å². The third-order valence-corrected chi connectivity index (χ3v) is 9.51. The van der Waals surface area contributed by atoms with Crippen LogP contribution in [-0.4, -0.2) is 22.3 Å². The fraction of sp³-hybridized carbons (Fsp3) is 0.275. The largest absolute Gasteiger partial charge is 0.349 e. The summed E-state index contributed by atoms with van der Waals surface area (Å²) < 4.78 is 2.34. The molecule has 0 unspecified atom stereocenters. The van der Waals surface area contributed by atoms with E-state index >= 15 is 0 Å². The van der Waals surface area contributed by atoms with E-state index in [-0.39, 0.29) is 10.8 Å². The highest BCUT2D eigenvalue weighted by atomic mass is 15.4. The molecule has 0 saturated heterocycles. The number of rotatable bonds is 5. The molecule has 0 radical (unpaired) electrons. The van der Waals surface area contributed by atoms with Crippen molar-refractivity contribution in [1.29, 1.82) is 0 Å². The highest BCUT2D eigenvalue weighted by Gasteiger charge is 2.30. The van der Waals surface area contributed by atoms with Crippen LogP contribution >= 0.6 is 0 Å². The number of para-hydroxylation sites is 3. The molecule has 0 aliphatic carbocycles. The Morgan fingerprint density at radius 1 is 0.636 bits per heavy atom. The first-order chi connectivity index (χ1) is 21.0. The van der Waals surface area contributed by atoms with Gasteiger partial charge in [0.1, 0.15) is 5.82 Å². The Labute approximate surface area is 261 Å². The van der Waals surface area contributed by atoms with E-state index < -0.39 is 0 Å². The number of nitrogens with zero attached hydrogens (tertiary/aromatic N) is 4. The van der Waals surface area contributed by atoms with Crippen molar-refractivity contribution in [2.45, 2.75) is 65.3 Å². The maximum absolute atomic E-state index is 4.89. The summed E-state index contributed by atoms with van der Waals surface area (Å²) in [5.74, 6) is 0.961. The molecule has 222 valence electrons. The van der Waals surface area contributed by atoms with E-state index in [9.17, 15) is 0 Å². The Hall–Kier alpha value is -4.57. The van der Waals surface area contributed by atoms with Gasteiger partial charge in [-0.05, 0) is 84.5 Å². The Kier molecular flexibility index (Phi) is 6.58. The van der Waals surface area contributed by atoms with Gasteiger partial charge in [-0.2, -0.15) is 0 Å². The molecule has 0 amide bonds. The Balaban J connectivity index is 1.34. The molecule has 0 N–H and O–H groups in total. The van der Waals surface area contributed by atoms with Gasteiger partial charge in [0.2, 0.25) is 0 Å². The summed E-state index contributed by atoms with van der Waals surface area (Å²) in [4.78, 5) is 9.81. The van der Waals surface area contributed by atoms with Crippen LogP contribution in [0.2, 0.25) is 0 Å². The zero-order valence-corrected chi connectivity index (χ0v) is 27.0. The van der Waals surface area contributed by atoms with Crippen molar-refractivity contribution in [3.05, 3.63) is 126 Å². The van der Waals surface area contributed by atoms with Crippen LogP contribution in [0.3, 0.4) is 0 Å². The molecule has 4 nitrogen and oxygen atoms in total. The third-order valence-electron chi connectivity index (χ3n) is 9.51. The smallest absolute Gasteiger partial charge is 0.137 e. The standard InChI is InChI=1S/C40H42N4/c1-27(2)42-26-43(36-18-11-10-17-35(36)42)31-14-12-13-29(23-31)40(6,7)30-19-20-33-32-15-8-9-16-34(32)44(37(33)24-30)38-25-28(21-22-41-38)39(3,4)5/h8-25,27H,26H2,1-7H3. The zero-order chi connectivity index (χ0) is 30.8.